The summed E-state index contributed by atoms with van der Waals surface area (Å²) in [4.78, 5) is 2.44. The van der Waals surface area contributed by atoms with E-state index < -0.39 is 0 Å². The van der Waals surface area contributed by atoms with Crippen molar-refractivity contribution in [1.82, 2.24) is 10.2 Å². The molecule has 2 heterocycles. The molecule has 0 spiro atoms. The molecule has 0 amide bonds. The zero-order valence-electron chi connectivity index (χ0n) is 12.5. The van der Waals surface area contributed by atoms with Crippen LogP contribution >= 0.6 is 0 Å². The fourth-order valence-electron chi connectivity index (χ4n) is 3.37. The SMILES string of the molecule is CN1CCC(CCNC2CCOc3ccccc32)CC1. The lowest BCUT2D eigenvalue weighted by Gasteiger charge is -2.30. The number of piperidine rings is 1. The van der Waals surface area contributed by atoms with Crippen molar-refractivity contribution in [2.75, 3.05) is 33.3 Å². The first-order valence-corrected chi connectivity index (χ1v) is 7.96. The fourth-order valence-corrected chi connectivity index (χ4v) is 3.37. The molecule has 1 aromatic rings. The normalized spacial score (nSPS) is 24.1. The topological polar surface area (TPSA) is 24.5 Å². The summed E-state index contributed by atoms with van der Waals surface area (Å²) in [6, 6.07) is 8.92. The van der Waals surface area contributed by atoms with Crippen molar-refractivity contribution in [3.05, 3.63) is 29.8 Å². The van der Waals surface area contributed by atoms with Crippen LogP contribution in [0, 0.1) is 5.92 Å². The van der Waals surface area contributed by atoms with Crippen LogP contribution in [0.5, 0.6) is 5.75 Å². The lowest BCUT2D eigenvalue weighted by Crippen LogP contribution is -2.33. The van der Waals surface area contributed by atoms with Crippen LogP contribution in [0.4, 0.5) is 0 Å². The summed E-state index contributed by atoms with van der Waals surface area (Å²) in [5.74, 6) is 1.98. The van der Waals surface area contributed by atoms with E-state index in [1.54, 1.807) is 0 Å². The molecular formula is C17H26N2O. The van der Waals surface area contributed by atoms with E-state index >= 15 is 0 Å². The molecular weight excluding hydrogens is 248 g/mol. The molecule has 0 aromatic heterocycles. The van der Waals surface area contributed by atoms with Gasteiger partial charge >= 0.3 is 0 Å². The van der Waals surface area contributed by atoms with Gasteiger partial charge in [0.05, 0.1) is 6.61 Å². The standard InChI is InChI=1S/C17H26N2O/c1-19-11-7-14(8-12-19)6-10-18-16-9-13-20-17-5-3-2-4-15(16)17/h2-5,14,16,18H,6-13H2,1H3. The summed E-state index contributed by atoms with van der Waals surface area (Å²) in [5, 5.41) is 3.74. The van der Waals surface area contributed by atoms with Gasteiger partial charge in [-0.25, -0.2) is 0 Å². The molecule has 20 heavy (non-hydrogen) atoms. The van der Waals surface area contributed by atoms with Crippen LogP contribution in [0.1, 0.15) is 37.3 Å². The molecule has 1 saturated heterocycles. The Kier molecular flexibility index (Phi) is 4.58. The third-order valence-electron chi connectivity index (χ3n) is 4.74. The summed E-state index contributed by atoms with van der Waals surface area (Å²) >= 11 is 0. The van der Waals surface area contributed by atoms with Gasteiger partial charge in [0.25, 0.3) is 0 Å². The molecule has 0 bridgehead atoms. The van der Waals surface area contributed by atoms with E-state index in [0.717, 1.165) is 31.2 Å². The highest BCUT2D eigenvalue weighted by Crippen LogP contribution is 2.31. The van der Waals surface area contributed by atoms with Gasteiger partial charge in [-0.05, 0) is 57.9 Å². The Balaban J connectivity index is 1.47. The van der Waals surface area contributed by atoms with Crippen LogP contribution < -0.4 is 10.1 Å². The van der Waals surface area contributed by atoms with Gasteiger partial charge in [0.2, 0.25) is 0 Å². The predicted octanol–water partition coefficient (Wildman–Crippen LogP) is 2.83. The van der Waals surface area contributed by atoms with Gasteiger partial charge in [-0.15, -0.1) is 0 Å². The van der Waals surface area contributed by atoms with Crippen LogP contribution in [-0.4, -0.2) is 38.2 Å². The van der Waals surface area contributed by atoms with Gasteiger partial charge in [-0.1, -0.05) is 18.2 Å². The second kappa shape index (κ2) is 6.59. The molecule has 1 atom stereocenters. The second-order valence-electron chi connectivity index (χ2n) is 6.22. The number of hydrogen-bond acceptors (Lipinski definition) is 3. The van der Waals surface area contributed by atoms with Gasteiger partial charge in [-0.2, -0.15) is 0 Å². The number of fused-ring (bicyclic) bond motifs is 1. The number of ether oxygens (including phenoxy) is 1. The maximum atomic E-state index is 5.72. The van der Waals surface area contributed by atoms with Crippen molar-refractivity contribution >= 4 is 0 Å². The van der Waals surface area contributed by atoms with Crippen molar-refractivity contribution in [3.8, 4) is 5.75 Å². The maximum absolute atomic E-state index is 5.72. The molecule has 1 N–H and O–H groups in total. The van der Waals surface area contributed by atoms with Gasteiger partial charge in [-0.3, -0.25) is 0 Å². The maximum Gasteiger partial charge on any atom is 0.124 e. The van der Waals surface area contributed by atoms with Crippen molar-refractivity contribution < 1.29 is 4.74 Å². The highest BCUT2D eigenvalue weighted by atomic mass is 16.5. The van der Waals surface area contributed by atoms with E-state index in [4.69, 9.17) is 4.74 Å². The molecule has 110 valence electrons. The zero-order valence-corrected chi connectivity index (χ0v) is 12.5. The molecule has 0 radical (unpaired) electrons. The Morgan fingerprint density at radius 2 is 2.00 bits per heavy atom. The Labute approximate surface area is 122 Å². The molecule has 0 saturated carbocycles. The number of likely N-dealkylation sites (tertiary alicyclic amines) is 1. The third kappa shape index (κ3) is 3.33. The minimum absolute atomic E-state index is 0.478. The molecule has 1 fully saturated rings. The van der Waals surface area contributed by atoms with Gasteiger partial charge in [0, 0.05) is 18.0 Å². The first-order valence-electron chi connectivity index (χ1n) is 7.96. The van der Waals surface area contributed by atoms with E-state index in [0.29, 0.717) is 6.04 Å². The summed E-state index contributed by atoms with van der Waals surface area (Å²) in [6.07, 6.45) is 5.13. The van der Waals surface area contributed by atoms with Crippen LogP contribution in [-0.2, 0) is 0 Å². The van der Waals surface area contributed by atoms with Crippen molar-refractivity contribution in [2.24, 2.45) is 5.92 Å². The quantitative estimate of drug-likeness (QED) is 0.913. The summed E-state index contributed by atoms with van der Waals surface area (Å²) in [5.41, 5.74) is 1.34. The average molecular weight is 274 g/mol. The monoisotopic (exact) mass is 274 g/mol. The van der Waals surface area contributed by atoms with Crippen LogP contribution in [0.3, 0.4) is 0 Å². The largest absolute Gasteiger partial charge is 0.493 e. The van der Waals surface area contributed by atoms with Crippen molar-refractivity contribution in [1.29, 1.82) is 0 Å². The van der Waals surface area contributed by atoms with Crippen LogP contribution in [0.25, 0.3) is 0 Å². The fraction of sp³-hybridized carbons (Fsp3) is 0.647. The Hall–Kier alpha value is -1.06. The van der Waals surface area contributed by atoms with Gasteiger partial charge in [0.1, 0.15) is 5.75 Å². The van der Waals surface area contributed by atoms with E-state index in [9.17, 15) is 0 Å². The minimum Gasteiger partial charge on any atom is -0.493 e. The van der Waals surface area contributed by atoms with E-state index in [1.807, 2.05) is 0 Å². The first kappa shape index (κ1) is 13.9. The number of hydrogen-bond donors (Lipinski definition) is 1. The summed E-state index contributed by atoms with van der Waals surface area (Å²) in [6.45, 7) is 4.51. The highest BCUT2D eigenvalue weighted by molar-refractivity contribution is 5.37. The second-order valence-corrected chi connectivity index (χ2v) is 6.22. The molecule has 2 aliphatic heterocycles. The van der Waals surface area contributed by atoms with Crippen LogP contribution in [0.2, 0.25) is 0 Å². The third-order valence-corrected chi connectivity index (χ3v) is 4.74. The van der Waals surface area contributed by atoms with Gasteiger partial charge in [0.15, 0.2) is 0 Å². The minimum atomic E-state index is 0.478. The predicted molar refractivity (Wildman–Crippen MR) is 82.1 cm³/mol. The zero-order chi connectivity index (χ0) is 13.8. The number of para-hydroxylation sites is 1. The molecule has 2 aliphatic rings. The van der Waals surface area contributed by atoms with Crippen molar-refractivity contribution in [3.63, 3.8) is 0 Å². The lowest BCUT2D eigenvalue weighted by atomic mass is 9.93. The van der Waals surface area contributed by atoms with E-state index in [-0.39, 0.29) is 0 Å². The molecule has 3 heteroatoms. The first-order chi connectivity index (χ1) is 9.83. The molecule has 3 rings (SSSR count). The van der Waals surface area contributed by atoms with Gasteiger partial charge < -0.3 is 15.0 Å². The van der Waals surface area contributed by atoms with E-state index in [2.05, 4.69) is 41.5 Å². The lowest BCUT2D eigenvalue weighted by molar-refractivity contribution is 0.206. The smallest absolute Gasteiger partial charge is 0.124 e. The van der Waals surface area contributed by atoms with Crippen LogP contribution in [0.15, 0.2) is 24.3 Å². The number of nitrogens with one attached hydrogen (secondary N) is 1. The Morgan fingerprint density at radius 1 is 1.20 bits per heavy atom. The molecule has 0 aliphatic carbocycles. The van der Waals surface area contributed by atoms with E-state index in [1.165, 1.54) is 37.9 Å². The highest BCUT2D eigenvalue weighted by Gasteiger charge is 2.21. The summed E-state index contributed by atoms with van der Waals surface area (Å²) < 4.78 is 5.72. The van der Waals surface area contributed by atoms with Crippen molar-refractivity contribution in [2.45, 2.75) is 31.7 Å². The molecule has 1 unspecified atom stereocenters. The number of nitrogens with zero attached hydrogens (tertiary/aromatic N) is 1. The molecule has 1 aromatic carbocycles. The number of rotatable bonds is 4. The Morgan fingerprint density at radius 3 is 2.85 bits per heavy atom. The molecule has 3 nitrogen and oxygen atoms in total. The number of benzene rings is 1. The average Bonchev–Trinajstić information content (AvgIpc) is 2.49. The Bertz CT molecular complexity index is 427. The summed E-state index contributed by atoms with van der Waals surface area (Å²) in [7, 11) is 2.23.